The highest BCUT2D eigenvalue weighted by molar-refractivity contribution is 7.99. The number of nitrogens with zero attached hydrogens (tertiary/aromatic N) is 3. The Hall–Kier alpha value is -4.61. The Labute approximate surface area is 211 Å². The van der Waals surface area contributed by atoms with E-state index in [1.807, 2.05) is 60.7 Å². The van der Waals surface area contributed by atoms with Gasteiger partial charge < -0.3 is 4.42 Å². The fraction of sp³-hybridized carbons (Fsp3) is 0.0714. The number of aromatic amines is 1. The molecule has 5 rings (SSSR count). The van der Waals surface area contributed by atoms with Crippen molar-refractivity contribution in [1.29, 1.82) is 5.26 Å². The topological polar surface area (TPSA) is 108 Å². The molecule has 3 heterocycles. The molecule has 0 radical (unpaired) electrons. The molecule has 0 saturated carbocycles. The van der Waals surface area contributed by atoms with E-state index in [1.165, 1.54) is 11.8 Å². The lowest BCUT2D eigenvalue weighted by Gasteiger charge is -2.09. The molecule has 2 aromatic carbocycles. The number of nitrogens with one attached hydrogen (secondary N) is 2. The molecule has 2 N–H and O–H groups in total. The Morgan fingerprint density at radius 2 is 1.94 bits per heavy atom. The lowest BCUT2D eigenvalue weighted by Crippen LogP contribution is -2.13. The van der Waals surface area contributed by atoms with Gasteiger partial charge in [-0.05, 0) is 68.5 Å². The van der Waals surface area contributed by atoms with Crippen molar-refractivity contribution in [3.63, 3.8) is 0 Å². The minimum Gasteiger partial charge on any atom is -0.444 e. The normalized spacial score (nSPS) is 11.1. The molecule has 0 fully saturated rings. The van der Waals surface area contributed by atoms with E-state index in [9.17, 15) is 10.1 Å². The fourth-order valence-corrected chi connectivity index (χ4v) is 4.72. The van der Waals surface area contributed by atoms with Crippen LogP contribution in [0.1, 0.15) is 38.6 Å². The summed E-state index contributed by atoms with van der Waals surface area (Å²) < 4.78 is 5.60. The average Bonchev–Trinajstić information content (AvgIpc) is 3.42. The third-order valence-corrected chi connectivity index (χ3v) is 6.81. The predicted molar refractivity (Wildman–Crippen MR) is 141 cm³/mol. The highest BCUT2D eigenvalue weighted by Crippen LogP contribution is 2.34. The number of pyridine rings is 1. The SMILES string of the molecule is Cc1oc(NC(=O)c2ccccc2Sc2ccc3c(/C=C/c4ccccn4)n[nH]c3c2)c(C#N)c1C. The van der Waals surface area contributed by atoms with Crippen LogP contribution in [-0.4, -0.2) is 21.1 Å². The van der Waals surface area contributed by atoms with Gasteiger partial charge in [0, 0.05) is 26.9 Å². The Balaban J connectivity index is 1.38. The number of anilines is 1. The van der Waals surface area contributed by atoms with Crippen LogP contribution in [0.4, 0.5) is 5.88 Å². The molecule has 0 bridgehead atoms. The van der Waals surface area contributed by atoms with Gasteiger partial charge in [0.05, 0.1) is 22.5 Å². The third kappa shape index (κ3) is 4.65. The molecule has 0 aliphatic carbocycles. The number of furan rings is 1. The number of carbonyl (C=O) groups excluding carboxylic acids is 1. The second kappa shape index (κ2) is 9.94. The summed E-state index contributed by atoms with van der Waals surface area (Å²) in [5.74, 6) is 0.432. The van der Waals surface area contributed by atoms with E-state index >= 15 is 0 Å². The molecule has 8 heteroatoms. The zero-order valence-electron chi connectivity index (χ0n) is 19.6. The Kier molecular flexibility index (Phi) is 6.39. The highest BCUT2D eigenvalue weighted by Gasteiger charge is 2.19. The van der Waals surface area contributed by atoms with Crippen molar-refractivity contribution in [3.05, 3.63) is 101 Å². The van der Waals surface area contributed by atoms with E-state index in [4.69, 9.17) is 4.42 Å². The first-order chi connectivity index (χ1) is 17.5. The van der Waals surface area contributed by atoms with Crippen LogP contribution in [0, 0.1) is 25.2 Å². The minimum absolute atomic E-state index is 0.169. The third-order valence-electron chi connectivity index (χ3n) is 5.75. The number of H-pyrrole nitrogens is 1. The molecule has 36 heavy (non-hydrogen) atoms. The molecule has 0 unspecified atom stereocenters. The number of aryl methyl sites for hydroxylation is 1. The average molecular weight is 492 g/mol. The summed E-state index contributed by atoms with van der Waals surface area (Å²) >= 11 is 1.47. The van der Waals surface area contributed by atoms with Gasteiger partial charge in [-0.25, -0.2) is 0 Å². The molecular weight excluding hydrogens is 470 g/mol. The molecule has 7 nitrogen and oxygen atoms in total. The first kappa shape index (κ1) is 23.1. The quantitative estimate of drug-likeness (QED) is 0.277. The van der Waals surface area contributed by atoms with Gasteiger partial charge in [-0.3, -0.25) is 20.2 Å². The van der Waals surface area contributed by atoms with Crippen molar-refractivity contribution in [2.45, 2.75) is 23.6 Å². The zero-order chi connectivity index (χ0) is 25.1. The Bertz CT molecular complexity index is 1640. The summed E-state index contributed by atoms with van der Waals surface area (Å²) in [4.78, 5) is 19.1. The summed E-state index contributed by atoms with van der Waals surface area (Å²) in [6.07, 6.45) is 5.61. The van der Waals surface area contributed by atoms with E-state index in [0.29, 0.717) is 16.9 Å². The molecule has 0 saturated heterocycles. The van der Waals surface area contributed by atoms with Crippen LogP contribution in [0.2, 0.25) is 0 Å². The van der Waals surface area contributed by atoms with E-state index < -0.39 is 0 Å². The van der Waals surface area contributed by atoms with Crippen LogP contribution in [-0.2, 0) is 0 Å². The number of hydrogen-bond donors (Lipinski definition) is 2. The lowest BCUT2D eigenvalue weighted by molar-refractivity contribution is 0.102. The van der Waals surface area contributed by atoms with Crippen molar-refractivity contribution >= 4 is 46.6 Å². The standard InChI is InChI=1S/C28H21N5O2S/c1-17-18(2)35-28(23(17)16-29)31-27(34)22-8-3-4-9-26(22)36-20-11-12-21-24(32-33-25(21)15-20)13-10-19-7-5-6-14-30-19/h3-15H,1-2H3,(H,31,34)(H,32,33)/b13-10+. The van der Waals surface area contributed by atoms with Crippen molar-refractivity contribution in [2.24, 2.45) is 0 Å². The van der Waals surface area contributed by atoms with E-state index in [0.717, 1.165) is 37.6 Å². The smallest absolute Gasteiger partial charge is 0.259 e. The van der Waals surface area contributed by atoms with Crippen molar-refractivity contribution < 1.29 is 9.21 Å². The van der Waals surface area contributed by atoms with Crippen molar-refractivity contribution in [1.82, 2.24) is 15.2 Å². The first-order valence-corrected chi connectivity index (χ1v) is 12.0. The number of amides is 1. The molecule has 5 aromatic rings. The van der Waals surface area contributed by atoms with Gasteiger partial charge in [0.1, 0.15) is 17.4 Å². The summed E-state index contributed by atoms with van der Waals surface area (Å²) in [5, 5.41) is 20.7. The van der Waals surface area contributed by atoms with Gasteiger partial charge in [-0.15, -0.1) is 0 Å². The monoisotopic (exact) mass is 491 g/mol. The van der Waals surface area contributed by atoms with Gasteiger partial charge in [-0.2, -0.15) is 10.4 Å². The second-order valence-electron chi connectivity index (χ2n) is 8.06. The number of hydrogen-bond acceptors (Lipinski definition) is 6. The predicted octanol–water partition coefficient (Wildman–Crippen LogP) is 6.61. The number of aromatic nitrogens is 3. The number of benzene rings is 2. The molecule has 176 valence electrons. The fourth-order valence-electron chi connectivity index (χ4n) is 3.74. The minimum atomic E-state index is -0.340. The summed E-state index contributed by atoms with van der Waals surface area (Å²) in [6, 6.07) is 21.2. The van der Waals surface area contributed by atoms with Gasteiger partial charge in [0.25, 0.3) is 5.91 Å². The number of fused-ring (bicyclic) bond motifs is 1. The van der Waals surface area contributed by atoms with Crippen molar-refractivity contribution in [3.8, 4) is 6.07 Å². The Morgan fingerprint density at radius 1 is 1.11 bits per heavy atom. The molecule has 3 aromatic heterocycles. The Morgan fingerprint density at radius 3 is 2.75 bits per heavy atom. The van der Waals surface area contributed by atoms with Gasteiger partial charge in [0.2, 0.25) is 5.88 Å². The molecule has 0 aliphatic rings. The summed E-state index contributed by atoms with van der Waals surface area (Å²) in [5.41, 5.74) is 4.12. The van der Waals surface area contributed by atoms with E-state index in [2.05, 4.69) is 26.6 Å². The number of rotatable bonds is 6. The highest BCUT2D eigenvalue weighted by atomic mass is 32.2. The van der Waals surface area contributed by atoms with Gasteiger partial charge in [-0.1, -0.05) is 30.0 Å². The largest absolute Gasteiger partial charge is 0.444 e. The van der Waals surface area contributed by atoms with Crippen LogP contribution in [0.5, 0.6) is 0 Å². The molecule has 0 atom stereocenters. The number of carbonyl (C=O) groups is 1. The summed E-state index contributed by atoms with van der Waals surface area (Å²) in [6.45, 7) is 3.56. The van der Waals surface area contributed by atoms with Crippen LogP contribution in [0.3, 0.4) is 0 Å². The second-order valence-corrected chi connectivity index (χ2v) is 9.17. The lowest BCUT2D eigenvalue weighted by atomic mass is 10.1. The van der Waals surface area contributed by atoms with Gasteiger partial charge >= 0.3 is 0 Å². The van der Waals surface area contributed by atoms with Crippen molar-refractivity contribution in [2.75, 3.05) is 5.32 Å². The maximum Gasteiger partial charge on any atom is 0.259 e. The first-order valence-electron chi connectivity index (χ1n) is 11.2. The van der Waals surface area contributed by atoms with Crippen LogP contribution >= 0.6 is 11.8 Å². The van der Waals surface area contributed by atoms with E-state index in [-0.39, 0.29) is 11.8 Å². The van der Waals surface area contributed by atoms with Crippen LogP contribution in [0.25, 0.3) is 23.1 Å². The molecular formula is C28H21N5O2S. The van der Waals surface area contributed by atoms with Gasteiger partial charge in [0.15, 0.2) is 0 Å². The zero-order valence-corrected chi connectivity index (χ0v) is 20.4. The maximum absolute atomic E-state index is 13.1. The molecule has 0 aliphatic heterocycles. The summed E-state index contributed by atoms with van der Waals surface area (Å²) in [7, 11) is 0. The maximum atomic E-state index is 13.1. The van der Waals surface area contributed by atoms with E-state index in [1.54, 1.807) is 32.2 Å². The molecule has 1 amide bonds. The van der Waals surface area contributed by atoms with Crippen LogP contribution < -0.4 is 5.32 Å². The molecule has 0 spiro atoms. The number of nitriles is 1. The van der Waals surface area contributed by atoms with Crippen LogP contribution in [0.15, 0.2) is 81.1 Å².